The highest BCUT2D eigenvalue weighted by atomic mass is 14.9. The molecule has 22 heavy (non-hydrogen) atoms. The Morgan fingerprint density at radius 1 is 0.909 bits per heavy atom. The van der Waals surface area contributed by atoms with Crippen molar-refractivity contribution in [2.45, 2.75) is 83.2 Å². The molecule has 0 unspecified atom stereocenters. The summed E-state index contributed by atoms with van der Waals surface area (Å²) in [6, 6.07) is 10.3. The third-order valence-corrected chi connectivity index (χ3v) is 5.86. The molecule has 0 heterocycles. The molecule has 2 heteroatoms. The minimum absolute atomic E-state index is 0.427. The van der Waals surface area contributed by atoms with Gasteiger partial charge in [0.05, 0.1) is 0 Å². The van der Waals surface area contributed by atoms with Gasteiger partial charge in [-0.15, -0.1) is 0 Å². The third kappa shape index (κ3) is 4.04. The number of hydrogen-bond donors (Lipinski definition) is 2. The van der Waals surface area contributed by atoms with E-state index in [1.54, 1.807) is 0 Å². The van der Waals surface area contributed by atoms with Crippen LogP contribution in [0, 0.1) is 5.41 Å². The number of anilines is 1. The van der Waals surface area contributed by atoms with E-state index in [1.165, 1.54) is 49.8 Å². The quantitative estimate of drug-likeness (QED) is 0.819. The summed E-state index contributed by atoms with van der Waals surface area (Å²) < 4.78 is 0. The largest absolute Gasteiger partial charge is 0.382 e. The van der Waals surface area contributed by atoms with Crippen molar-refractivity contribution in [3.63, 3.8) is 0 Å². The minimum Gasteiger partial charge on any atom is -0.382 e. The molecule has 1 aromatic rings. The SMILES string of the molecule is CC1(C)CCC(c2ccc(NC3CCC(N)CC3)cc2)CC1. The van der Waals surface area contributed by atoms with Gasteiger partial charge in [-0.3, -0.25) is 0 Å². The van der Waals surface area contributed by atoms with Crippen molar-refractivity contribution in [3.05, 3.63) is 29.8 Å². The van der Waals surface area contributed by atoms with Gasteiger partial charge >= 0.3 is 0 Å². The second-order valence-electron chi connectivity index (χ2n) is 8.32. The Balaban J connectivity index is 1.54. The van der Waals surface area contributed by atoms with Gasteiger partial charge < -0.3 is 11.1 Å². The zero-order chi connectivity index (χ0) is 15.6. The Labute approximate surface area is 135 Å². The molecule has 3 N–H and O–H groups in total. The van der Waals surface area contributed by atoms with Crippen LogP contribution in [0.25, 0.3) is 0 Å². The van der Waals surface area contributed by atoms with Crippen LogP contribution >= 0.6 is 0 Å². The monoisotopic (exact) mass is 300 g/mol. The molecule has 0 bridgehead atoms. The number of nitrogens with one attached hydrogen (secondary N) is 1. The molecule has 0 saturated heterocycles. The Morgan fingerprint density at radius 2 is 1.50 bits per heavy atom. The summed E-state index contributed by atoms with van der Waals surface area (Å²) in [7, 11) is 0. The number of hydrogen-bond acceptors (Lipinski definition) is 2. The van der Waals surface area contributed by atoms with Crippen molar-refractivity contribution in [1.82, 2.24) is 0 Å². The maximum Gasteiger partial charge on any atom is 0.0342 e. The first kappa shape index (κ1) is 15.9. The molecule has 0 radical (unpaired) electrons. The molecule has 3 rings (SSSR count). The lowest BCUT2D eigenvalue weighted by Crippen LogP contribution is -2.32. The second-order valence-corrected chi connectivity index (χ2v) is 8.32. The fourth-order valence-corrected chi connectivity index (χ4v) is 4.08. The van der Waals surface area contributed by atoms with E-state index in [2.05, 4.69) is 43.4 Å². The fraction of sp³-hybridized carbons (Fsp3) is 0.700. The average molecular weight is 300 g/mol. The van der Waals surface area contributed by atoms with Crippen molar-refractivity contribution >= 4 is 5.69 Å². The van der Waals surface area contributed by atoms with Crippen LogP contribution in [0.3, 0.4) is 0 Å². The highest BCUT2D eigenvalue weighted by Crippen LogP contribution is 2.42. The summed E-state index contributed by atoms with van der Waals surface area (Å²) in [5, 5.41) is 3.69. The van der Waals surface area contributed by atoms with Crippen LogP contribution < -0.4 is 11.1 Å². The average Bonchev–Trinajstić information content (AvgIpc) is 2.51. The molecule has 0 spiro atoms. The molecule has 0 aliphatic heterocycles. The maximum absolute atomic E-state index is 5.98. The highest BCUT2D eigenvalue weighted by Gasteiger charge is 2.27. The Kier molecular flexibility index (Phi) is 4.77. The van der Waals surface area contributed by atoms with E-state index >= 15 is 0 Å². The lowest BCUT2D eigenvalue weighted by molar-refractivity contribution is 0.224. The first-order valence-corrected chi connectivity index (χ1v) is 9.14. The highest BCUT2D eigenvalue weighted by molar-refractivity contribution is 5.46. The summed E-state index contributed by atoms with van der Waals surface area (Å²) in [4.78, 5) is 0. The molecule has 0 amide bonds. The zero-order valence-electron chi connectivity index (χ0n) is 14.3. The summed E-state index contributed by atoms with van der Waals surface area (Å²) in [5.41, 5.74) is 9.35. The van der Waals surface area contributed by atoms with E-state index in [0.717, 1.165) is 18.8 Å². The van der Waals surface area contributed by atoms with Gasteiger partial charge in [-0.05, 0) is 80.4 Å². The maximum atomic E-state index is 5.98. The van der Waals surface area contributed by atoms with Gasteiger partial charge in [0.25, 0.3) is 0 Å². The first-order valence-electron chi connectivity index (χ1n) is 9.14. The van der Waals surface area contributed by atoms with E-state index in [4.69, 9.17) is 5.73 Å². The second kappa shape index (κ2) is 6.62. The predicted octanol–water partition coefficient (Wildman–Crippen LogP) is 5.05. The van der Waals surface area contributed by atoms with Crippen LogP contribution in [0.15, 0.2) is 24.3 Å². The van der Waals surface area contributed by atoms with Gasteiger partial charge in [-0.1, -0.05) is 26.0 Å². The van der Waals surface area contributed by atoms with E-state index in [-0.39, 0.29) is 0 Å². The van der Waals surface area contributed by atoms with Crippen molar-refractivity contribution in [2.24, 2.45) is 11.1 Å². The molecule has 0 atom stereocenters. The summed E-state index contributed by atoms with van der Waals surface area (Å²) in [6.07, 6.45) is 10.2. The van der Waals surface area contributed by atoms with E-state index in [1.807, 2.05) is 0 Å². The zero-order valence-corrected chi connectivity index (χ0v) is 14.3. The van der Waals surface area contributed by atoms with Crippen LogP contribution in [-0.4, -0.2) is 12.1 Å². The van der Waals surface area contributed by atoms with Crippen molar-refractivity contribution in [3.8, 4) is 0 Å². The molecule has 0 aromatic heterocycles. The van der Waals surface area contributed by atoms with Crippen LogP contribution in [0.1, 0.15) is 76.7 Å². The predicted molar refractivity (Wildman–Crippen MR) is 95.3 cm³/mol. The van der Waals surface area contributed by atoms with Crippen molar-refractivity contribution in [1.29, 1.82) is 0 Å². The van der Waals surface area contributed by atoms with Crippen LogP contribution in [0.2, 0.25) is 0 Å². The van der Waals surface area contributed by atoms with Gasteiger partial charge in [0.15, 0.2) is 0 Å². The Hall–Kier alpha value is -1.02. The molecular weight excluding hydrogens is 268 g/mol. The van der Waals surface area contributed by atoms with E-state index in [9.17, 15) is 0 Å². The topological polar surface area (TPSA) is 38.0 Å². The smallest absolute Gasteiger partial charge is 0.0342 e. The van der Waals surface area contributed by atoms with Crippen LogP contribution in [0.5, 0.6) is 0 Å². The molecule has 122 valence electrons. The van der Waals surface area contributed by atoms with Crippen molar-refractivity contribution in [2.75, 3.05) is 5.32 Å². The third-order valence-electron chi connectivity index (χ3n) is 5.86. The van der Waals surface area contributed by atoms with Gasteiger partial charge in [0.2, 0.25) is 0 Å². The molecule has 2 fully saturated rings. The molecule has 2 nitrogen and oxygen atoms in total. The van der Waals surface area contributed by atoms with E-state index in [0.29, 0.717) is 17.5 Å². The van der Waals surface area contributed by atoms with Gasteiger partial charge in [0.1, 0.15) is 0 Å². The summed E-state index contributed by atoms with van der Waals surface area (Å²) in [5.74, 6) is 0.773. The van der Waals surface area contributed by atoms with Gasteiger partial charge in [0, 0.05) is 17.8 Å². The number of rotatable bonds is 3. The van der Waals surface area contributed by atoms with Gasteiger partial charge in [-0.25, -0.2) is 0 Å². The normalized spacial score (nSPS) is 29.2. The molecule has 2 aliphatic rings. The number of benzene rings is 1. The Bertz CT molecular complexity index is 459. The molecular formula is C20H32N2. The first-order chi connectivity index (χ1) is 10.5. The van der Waals surface area contributed by atoms with Crippen molar-refractivity contribution < 1.29 is 0 Å². The van der Waals surface area contributed by atoms with Crippen LogP contribution in [-0.2, 0) is 0 Å². The lowest BCUT2D eigenvalue weighted by Gasteiger charge is -2.34. The number of nitrogens with two attached hydrogens (primary N) is 1. The standard InChI is InChI=1S/C20H32N2/c1-20(2)13-11-16(12-14-20)15-3-7-18(8-4-15)22-19-9-5-17(21)6-10-19/h3-4,7-8,16-17,19,22H,5-6,9-14,21H2,1-2H3. The summed E-state index contributed by atoms with van der Waals surface area (Å²) >= 11 is 0. The molecule has 1 aromatic carbocycles. The molecule has 2 saturated carbocycles. The van der Waals surface area contributed by atoms with Gasteiger partial charge in [-0.2, -0.15) is 0 Å². The van der Waals surface area contributed by atoms with Crippen LogP contribution in [0.4, 0.5) is 5.69 Å². The summed E-state index contributed by atoms with van der Waals surface area (Å²) in [6.45, 7) is 4.82. The lowest BCUT2D eigenvalue weighted by atomic mass is 9.71. The Morgan fingerprint density at radius 3 is 2.09 bits per heavy atom. The molecule has 2 aliphatic carbocycles. The van der Waals surface area contributed by atoms with E-state index < -0.39 is 0 Å². The minimum atomic E-state index is 0.427. The fourth-order valence-electron chi connectivity index (χ4n) is 4.08.